The second-order valence-electron chi connectivity index (χ2n) is 8.41. The molecule has 40 heavy (non-hydrogen) atoms. The van der Waals surface area contributed by atoms with Crippen molar-refractivity contribution in [3.05, 3.63) is 113 Å². The van der Waals surface area contributed by atoms with E-state index in [-0.39, 0.29) is 21.4 Å². The van der Waals surface area contributed by atoms with Crippen LogP contribution in [0, 0.1) is 0 Å². The van der Waals surface area contributed by atoms with Gasteiger partial charge in [0.1, 0.15) is 18.1 Å². The predicted octanol–water partition coefficient (Wildman–Crippen LogP) is 6.76. The summed E-state index contributed by atoms with van der Waals surface area (Å²) < 4.78 is 77.3. The van der Waals surface area contributed by atoms with Gasteiger partial charge in [0.2, 0.25) is 0 Å². The Morgan fingerprint density at radius 2 is 1.55 bits per heavy atom. The van der Waals surface area contributed by atoms with Crippen LogP contribution in [0.3, 0.4) is 0 Å². The fourth-order valence-electron chi connectivity index (χ4n) is 3.45. The SMILES string of the molecule is O=C(COc1ccc(S(=O)(=O)Nc2cccc(C(F)(F)F)c2)cc1Cl)Nc1ccc(OCc2ccccc2)cc1. The predicted molar refractivity (Wildman–Crippen MR) is 145 cm³/mol. The van der Waals surface area contributed by atoms with Crippen LogP contribution in [0.2, 0.25) is 5.02 Å². The Balaban J connectivity index is 1.31. The molecule has 7 nitrogen and oxygen atoms in total. The summed E-state index contributed by atoms with van der Waals surface area (Å²) in [6.45, 7) is -0.0108. The molecule has 0 aromatic heterocycles. The van der Waals surface area contributed by atoms with Gasteiger partial charge in [0.15, 0.2) is 6.61 Å². The smallest absolute Gasteiger partial charge is 0.416 e. The van der Waals surface area contributed by atoms with Gasteiger partial charge in [-0.2, -0.15) is 13.2 Å². The normalized spacial score (nSPS) is 11.5. The van der Waals surface area contributed by atoms with Crippen molar-refractivity contribution >= 4 is 38.9 Å². The van der Waals surface area contributed by atoms with Crippen molar-refractivity contribution in [2.24, 2.45) is 0 Å². The molecular formula is C28H22ClF3N2O5S. The van der Waals surface area contributed by atoms with Crippen molar-refractivity contribution in [3.63, 3.8) is 0 Å². The minimum atomic E-state index is -4.63. The van der Waals surface area contributed by atoms with Crippen LogP contribution in [0.25, 0.3) is 0 Å². The second kappa shape index (κ2) is 12.3. The van der Waals surface area contributed by atoms with Gasteiger partial charge in [0.05, 0.1) is 15.5 Å². The Hall–Kier alpha value is -4.22. The molecule has 1 amide bonds. The van der Waals surface area contributed by atoms with Crippen LogP contribution in [-0.4, -0.2) is 20.9 Å². The number of sulfonamides is 1. The first-order valence-electron chi connectivity index (χ1n) is 11.7. The molecule has 0 spiro atoms. The summed E-state index contributed by atoms with van der Waals surface area (Å²) in [5.41, 5.74) is 0.265. The van der Waals surface area contributed by atoms with E-state index in [2.05, 4.69) is 10.0 Å². The molecule has 0 atom stereocenters. The summed E-state index contributed by atoms with van der Waals surface area (Å²) in [6.07, 6.45) is -4.63. The van der Waals surface area contributed by atoms with Crippen LogP contribution in [0.4, 0.5) is 24.5 Å². The van der Waals surface area contributed by atoms with Gasteiger partial charge in [0, 0.05) is 11.4 Å². The van der Waals surface area contributed by atoms with Crippen molar-refractivity contribution in [3.8, 4) is 11.5 Å². The molecule has 4 aromatic carbocycles. The Kier molecular flexibility index (Phi) is 8.86. The second-order valence-corrected chi connectivity index (χ2v) is 10.5. The first kappa shape index (κ1) is 28.8. The number of anilines is 2. The van der Waals surface area contributed by atoms with Crippen LogP contribution < -0.4 is 19.5 Å². The Morgan fingerprint density at radius 3 is 2.23 bits per heavy atom. The van der Waals surface area contributed by atoms with E-state index in [1.54, 1.807) is 24.3 Å². The highest BCUT2D eigenvalue weighted by Gasteiger charge is 2.30. The average molecular weight is 591 g/mol. The molecule has 0 saturated carbocycles. The molecule has 0 aliphatic rings. The molecule has 0 aliphatic carbocycles. The van der Waals surface area contributed by atoms with E-state index in [1.807, 2.05) is 30.3 Å². The van der Waals surface area contributed by atoms with E-state index in [0.29, 0.717) is 24.1 Å². The third-order valence-corrected chi connectivity index (χ3v) is 7.08. The number of hydrogen-bond donors (Lipinski definition) is 2. The number of rotatable bonds is 10. The number of ether oxygens (including phenoxy) is 2. The van der Waals surface area contributed by atoms with Gasteiger partial charge in [-0.25, -0.2) is 8.42 Å². The lowest BCUT2D eigenvalue weighted by Crippen LogP contribution is -2.20. The molecule has 12 heteroatoms. The van der Waals surface area contributed by atoms with Gasteiger partial charge in [-0.3, -0.25) is 9.52 Å². The largest absolute Gasteiger partial charge is 0.489 e. The van der Waals surface area contributed by atoms with E-state index >= 15 is 0 Å². The van der Waals surface area contributed by atoms with Crippen molar-refractivity contribution < 1.29 is 35.9 Å². The Morgan fingerprint density at radius 1 is 0.825 bits per heavy atom. The first-order valence-corrected chi connectivity index (χ1v) is 13.5. The van der Waals surface area contributed by atoms with Crippen LogP contribution in [0.5, 0.6) is 11.5 Å². The number of amides is 1. The van der Waals surface area contributed by atoms with Gasteiger partial charge in [-0.05, 0) is 66.2 Å². The zero-order chi connectivity index (χ0) is 28.8. The summed E-state index contributed by atoms with van der Waals surface area (Å²) in [7, 11) is -4.26. The van der Waals surface area contributed by atoms with Crippen LogP contribution in [0.1, 0.15) is 11.1 Å². The maximum absolute atomic E-state index is 12.9. The number of benzene rings is 4. The van der Waals surface area contributed by atoms with Gasteiger partial charge < -0.3 is 14.8 Å². The van der Waals surface area contributed by atoms with Crippen LogP contribution in [-0.2, 0) is 27.6 Å². The van der Waals surface area contributed by atoms with E-state index in [4.69, 9.17) is 21.1 Å². The zero-order valence-corrected chi connectivity index (χ0v) is 22.2. The lowest BCUT2D eigenvalue weighted by atomic mass is 10.2. The standard InChI is InChI=1S/C28H22ClF3N2O5S/c29-25-16-24(40(36,37)34-22-8-4-7-20(15-22)28(30,31)32)13-14-26(25)39-18-27(35)33-21-9-11-23(12-10-21)38-17-19-5-2-1-3-6-19/h1-16,34H,17-18H2,(H,33,35). The number of carbonyl (C=O) groups is 1. The number of carbonyl (C=O) groups excluding carboxylic acids is 1. The summed E-state index contributed by atoms with van der Waals surface area (Å²) in [6, 6.07) is 23.7. The van der Waals surface area contributed by atoms with E-state index < -0.39 is 34.3 Å². The van der Waals surface area contributed by atoms with Gasteiger partial charge >= 0.3 is 6.18 Å². The van der Waals surface area contributed by atoms with Gasteiger partial charge in [-0.1, -0.05) is 48.0 Å². The highest BCUT2D eigenvalue weighted by molar-refractivity contribution is 7.92. The monoisotopic (exact) mass is 590 g/mol. The minimum absolute atomic E-state index is 0.0412. The highest BCUT2D eigenvalue weighted by atomic mass is 35.5. The highest BCUT2D eigenvalue weighted by Crippen LogP contribution is 2.32. The fourth-order valence-corrected chi connectivity index (χ4v) is 4.83. The molecule has 4 aromatic rings. The lowest BCUT2D eigenvalue weighted by molar-refractivity contribution is -0.137. The summed E-state index contributed by atoms with van der Waals surface area (Å²) in [5.74, 6) is 0.180. The number of nitrogens with one attached hydrogen (secondary N) is 2. The van der Waals surface area contributed by atoms with Crippen molar-refractivity contribution in [2.75, 3.05) is 16.6 Å². The number of alkyl halides is 3. The van der Waals surface area contributed by atoms with Crippen molar-refractivity contribution in [1.29, 1.82) is 0 Å². The first-order chi connectivity index (χ1) is 19.0. The number of hydrogen-bond acceptors (Lipinski definition) is 5. The topological polar surface area (TPSA) is 93.7 Å². The molecule has 0 fully saturated rings. The molecule has 0 radical (unpaired) electrons. The molecular weight excluding hydrogens is 569 g/mol. The van der Waals surface area contributed by atoms with Gasteiger partial charge in [-0.15, -0.1) is 0 Å². The molecule has 0 bridgehead atoms. The molecule has 208 valence electrons. The van der Waals surface area contributed by atoms with Crippen molar-refractivity contribution in [2.45, 2.75) is 17.7 Å². The third kappa shape index (κ3) is 7.90. The maximum atomic E-state index is 12.9. The summed E-state index contributed by atoms with van der Waals surface area (Å²) in [4.78, 5) is 12.0. The molecule has 4 rings (SSSR count). The maximum Gasteiger partial charge on any atom is 0.416 e. The fraction of sp³-hybridized carbons (Fsp3) is 0.107. The Bertz CT molecular complexity index is 1580. The van der Waals surface area contributed by atoms with E-state index in [0.717, 1.165) is 29.8 Å². The zero-order valence-electron chi connectivity index (χ0n) is 20.6. The molecule has 0 unspecified atom stereocenters. The molecule has 0 saturated heterocycles. The third-order valence-electron chi connectivity index (χ3n) is 5.40. The van der Waals surface area contributed by atoms with Crippen molar-refractivity contribution in [1.82, 2.24) is 0 Å². The average Bonchev–Trinajstić information content (AvgIpc) is 2.92. The quantitative estimate of drug-likeness (QED) is 0.213. The molecule has 2 N–H and O–H groups in total. The van der Waals surface area contributed by atoms with Crippen LogP contribution >= 0.6 is 11.6 Å². The summed E-state index contributed by atoms with van der Waals surface area (Å²) >= 11 is 6.15. The Labute approximate surface area is 233 Å². The number of halogens is 4. The molecule has 0 heterocycles. The van der Waals surface area contributed by atoms with E-state index in [1.165, 1.54) is 12.1 Å². The summed E-state index contributed by atoms with van der Waals surface area (Å²) in [5, 5.41) is 2.55. The minimum Gasteiger partial charge on any atom is -0.489 e. The lowest BCUT2D eigenvalue weighted by Gasteiger charge is -2.13. The van der Waals surface area contributed by atoms with Crippen LogP contribution in [0.15, 0.2) is 102 Å². The van der Waals surface area contributed by atoms with Gasteiger partial charge in [0.25, 0.3) is 15.9 Å². The molecule has 0 aliphatic heterocycles. The van der Waals surface area contributed by atoms with E-state index in [9.17, 15) is 26.4 Å².